The average molecular weight is 536 g/mol. The monoisotopic (exact) mass is 534 g/mol. The Morgan fingerprint density at radius 2 is 1.00 bits per heavy atom. The van der Waals surface area contributed by atoms with E-state index in [1.54, 1.807) is 12.1 Å². The van der Waals surface area contributed by atoms with Crippen molar-refractivity contribution in [3.8, 4) is 22.6 Å². The molecule has 0 spiro atoms. The summed E-state index contributed by atoms with van der Waals surface area (Å²) in [7, 11) is 0. The highest BCUT2D eigenvalue weighted by Crippen LogP contribution is 2.57. The maximum Gasteiger partial charge on any atom is 0.118 e. The Labute approximate surface area is 198 Å². The summed E-state index contributed by atoms with van der Waals surface area (Å²) < 4.78 is 2.02. The van der Waals surface area contributed by atoms with Crippen LogP contribution in [0.2, 0.25) is 0 Å². The third-order valence-corrected chi connectivity index (χ3v) is 7.31. The van der Waals surface area contributed by atoms with Crippen molar-refractivity contribution in [1.29, 1.82) is 0 Å². The number of aryl methyl sites for hydroxylation is 2. The maximum atomic E-state index is 10.3. The van der Waals surface area contributed by atoms with Gasteiger partial charge in [-0.3, -0.25) is 0 Å². The molecule has 31 heavy (non-hydrogen) atoms. The van der Waals surface area contributed by atoms with Gasteiger partial charge in [-0.2, -0.15) is 0 Å². The van der Waals surface area contributed by atoms with E-state index in [4.69, 9.17) is 0 Å². The molecule has 2 nitrogen and oxygen atoms in total. The van der Waals surface area contributed by atoms with Crippen LogP contribution in [0.15, 0.2) is 81.7 Å². The first-order valence-electron chi connectivity index (χ1n) is 10.0. The summed E-state index contributed by atoms with van der Waals surface area (Å²) >= 11 is 7.37. The number of phenolic OH excluding ortho intramolecular Hbond substituents is 2. The molecule has 0 aliphatic heterocycles. The molecule has 0 fully saturated rings. The number of aromatic hydroxyl groups is 2. The number of halogens is 2. The van der Waals surface area contributed by atoms with Gasteiger partial charge in [0.05, 0.1) is 5.41 Å². The minimum absolute atomic E-state index is 0.280. The van der Waals surface area contributed by atoms with Gasteiger partial charge in [0.15, 0.2) is 0 Å². The number of hydrogen-bond donors (Lipinski definition) is 2. The molecule has 0 aromatic heterocycles. The standard InChI is InChI=1S/C27H20Br2O2/c1-15-11-17(3-9-25(15)30)27(18-4-10-26(31)16(2)12-18)23-13-19(28)5-7-21(23)22-8-6-20(29)14-24(22)27/h3-14,30-31H,1-2H3. The normalized spacial score (nSPS) is 13.7. The molecule has 0 bridgehead atoms. The van der Waals surface area contributed by atoms with E-state index in [1.807, 2.05) is 26.0 Å². The van der Waals surface area contributed by atoms with E-state index in [2.05, 4.69) is 80.4 Å². The summed E-state index contributed by atoms with van der Waals surface area (Å²) in [4.78, 5) is 0. The zero-order valence-corrected chi connectivity index (χ0v) is 20.3. The van der Waals surface area contributed by atoms with E-state index in [0.717, 1.165) is 31.2 Å². The third-order valence-electron chi connectivity index (χ3n) is 6.32. The second-order valence-corrected chi connectivity index (χ2v) is 9.96. The van der Waals surface area contributed by atoms with Crippen molar-refractivity contribution in [2.75, 3.05) is 0 Å². The predicted octanol–water partition coefficient (Wildman–Crippen LogP) is 7.60. The van der Waals surface area contributed by atoms with Crippen molar-refractivity contribution in [3.63, 3.8) is 0 Å². The van der Waals surface area contributed by atoms with Crippen molar-refractivity contribution >= 4 is 31.9 Å². The van der Waals surface area contributed by atoms with Crippen LogP contribution in [0.1, 0.15) is 33.4 Å². The second-order valence-electron chi connectivity index (χ2n) is 8.13. The molecule has 1 aliphatic rings. The van der Waals surface area contributed by atoms with Crippen LogP contribution in [-0.2, 0) is 5.41 Å². The quantitative estimate of drug-likeness (QED) is 0.244. The first kappa shape index (κ1) is 20.3. The van der Waals surface area contributed by atoms with Crippen LogP contribution in [0.3, 0.4) is 0 Å². The van der Waals surface area contributed by atoms with E-state index in [-0.39, 0.29) is 11.5 Å². The van der Waals surface area contributed by atoms with Gasteiger partial charge in [-0.25, -0.2) is 0 Å². The van der Waals surface area contributed by atoms with Gasteiger partial charge in [0.2, 0.25) is 0 Å². The van der Waals surface area contributed by atoms with Crippen LogP contribution >= 0.6 is 31.9 Å². The predicted molar refractivity (Wildman–Crippen MR) is 132 cm³/mol. The molecule has 1 aliphatic carbocycles. The van der Waals surface area contributed by atoms with Crippen LogP contribution in [0.5, 0.6) is 11.5 Å². The lowest BCUT2D eigenvalue weighted by Crippen LogP contribution is -2.29. The topological polar surface area (TPSA) is 40.5 Å². The van der Waals surface area contributed by atoms with E-state index >= 15 is 0 Å². The molecule has 0 radical (unpaired) electrons. The van der Waals surface area contributed by atoms with Crippen LogP contribution in [-0.4, -0.2) is 10.2 Å². The molecule has 0 unspecified atom stereocenters. The number of fused-ring (bicyclic) bond motifs is 3. The van der Waals surface area contributed by atoms with Crippen molar-refractivity contribution in [2.45, 2.75) is 19.3 Å². The Morgan fingerprint density at radius 1 is 0.581 bits per heavy atom. The van der Waals surface area contributed by atoms with Gasteiger partial charge < -0.3 is 10.2 Å². The molecule has 0 amide bonds. The van der Waals surface area contributed by atoms with Crippen LogP contribution < -0.4 is 0 Å². The van der Waals surface area contributed by atoms with Gasteiger partial charge >= 0.3 is 0 Å². The molecule has 0 saturated carbocycles. The lowest BCUT2D eigenvalue weighted by atomic mass is 9.67. The third kappa shape index (κ3) is 2.96. The Balaban J connectivity index is 2.00. The van der Waals surface area contributed by atoms with Crippen LogP contribution in [0.4, 0.5) is 0 Å². The Bertz CT molecular complexity index is 1250. The molecule has 154 valence electrons. The molecular weight excluding hydrogens is 516 g/mol. The van der Waals surface area contributed by atoms with Gasteiger partial charge in [0.25, 0.3) is 0 Å². The molecule has 4 aromatic rings. The van der Waals surface area contributed by atoms with Crippen molar-refractivity contribution in [2.24, 2.45) is 0 Å². The Morgan fingerprint density at radius 3 is 1.39 bits per heavy atom. The van der Waals surface area contributed by atoms with E-state index in [1.165, 1.54) is 22.3 Å². The SMILES string of the molecule is Cc1cc(C2(c3ccc(O)c(C)c3)c3cc(Br)ccc3-c3ccc(Br)cc32)ccc1O. The van der Waals surface area contributed by atoms with E-state index in [9.17, 15) is 10.2 Å². The van der Waals surface area contributed by atoms with Crippen molar-refractivity contribution in [3.05, 3.63) is 115 Å². The largest absolute Gasteiger partial charge is 0.508 e. The zero-order chi connectivity index (χ0) is 21.9. The molecule has 5 rings (SSSR count). The number of phenols is 2. The number of hydrogen-bond acceptors (Lipinski definition) is 2. The lowest BCUT2D eigenvalue weighted by Gasteiger charge is -2.34. The maximum absolute atomic E-state index is 10.3. The summed E-state index contributed by atoms with van der Waals surface area (Å²) in [6.45, 7) is 3.85. The molecule has 0 atom stereocenters. The fraction of sp³-hybridized carbons (Fsp3) is 0.111. The molecular formula is C27H20Br2O2. The zero-order valence-electron chi connectivity index (χ0n) is 17.1. The highest BCUT2D eigenvalue weighted by Gasteiger charge is 2.46. The average Bonchev–Trinajstić information content (AvgIpc) is 3.01. The minimum atomic E-state index is -0.588. The molecule has 4 heteroatoms. The summed E-state index contributed by atoms with van der Waals surface area (Å²) in [5.41, 5.74) is 7.92. The smallest absolute Gasteiger partial charge is 0.118 e. The van der Waals surface area contributed by atoms with Gasteiger partial charge in [0, 0.05) is 8.95 Å². The first-order valence-corrected chi connectivity index (χ1v) is 11.6. The van der Waals surface area contributed by atoms with Gasteiger partial charge in [-0.15, -0.1) is 0 Å². The Kier molecular flexibility index (Phi) is 4.76. The van der Waals surface area contributed by atoms with Gasteiger partial charge in [-0.05, 0) is 94.8 Å². The molecule has 0 saturated heterocycles. The Hall–Kier alpha value is -2.56. The second kappa shape index (κ2) is 7.25. The summed E-state index contributed by atoms with van der Waals surface area (Å²) in [6, 6.07) is 24.5. The first-order chi connectivity index (χ1) is 14.8. The van der Waals surface area contributed by atoms with Crippen molar-refractivity contribution in [1.82, 2.24) is 0 Å². The van der Waals surface area contributed by atoms with Crippen LogP contribution in [0, 0.1) is 13.8 Å². The number of rotatable bonds is 2. The lowest BCUT2D eigenvalue weighted by molar-refractivity contribution is 0.470. The summed E-state index contributed by atoms with van der Waals surface area (Å²) in [5.74, 6) is 0.561. The molecule has 4 aromatic carbocycles. The van der Waals surface area contributed by atoms with E-state index < -0.39 is 5.41 Å². The molecule has 0 heterocycles. The van der Waals surface area contributed by atoms with E-state index in [0.29, 0.717) is 0 Å². The fourth-order valence-electron chi connectivity index (χ4n) is 4.83. The highest BCUT2D eigenvalue weighted by atomic mass is 79.9. The highest BCUT2D eigenvalue weighted by molar-refractivity contribution is 9.10. The summed E-state index contributed by atoms with van der Waals surface area (Å²) in [5, 5.41) is 20.5. The number of benzene rings is 4. The molecule has 2 N–H and O–H groups in total. The fourth-order valence-corrected chi connectivity index (χ4v) is 5.56. The van der Waals surface area contributed by atoms with Crippen LogP contribution in [0.25, 0.3) is 11.1 Å². The minimum Gasteiger partial charge on any atom is -0.508 e. The van der Waals surface area contributed by atoms with Gasteiger partial charge in [-0.1, -0.05) is 68.3 Å². The van der Waals surface area contributed by atoms with Gasteiger partial charge in [0.1, 0.15) is 11.5 Å². The summed E-state index contributed by atoms with van der Waals surface area (Å²) in [6.07, 6.45) is 0. The van der Waals surface area contributed by atoms with Crippen molar-refractivity contribution < 1.29 is 10.2 Å².